The van der Waals surface area contributed by atoms with Crippen molar-refractivity contribution in [1.29, 1.82) is 0 Å². The molecule has 1 unspecified atom stereocenters. The Morgan fingerprint density at radius 3 is 2.68 bits per heavy atom. The summed E-state index contributed by atoms with van der Waals surface area (Å²) in [4.78, 5) is 23.2. The van der Waals surface area contributed by atoms with Gasteiger partial charge in [-0.1, -0.05) is 35.0 Å². The Bertz CT molecular complexity index is 678. The highest BCUT2D eigenvalue weighted by Crippen LogP contribution is 2.11. The van der Waals surface area contributed by atoms with E-state index in [1.165, 1.54) is 6.07 Å². The molecule has 0 fully saturated rings. The molecule has 0 aliphatic rings. The predicted octanol–water partition coefficient (Wildman–Crippen LogP) is 1.96. The lowest BCUT2D eigenvalue weighted by molar-refractivity contribution is -0.141. The van der Waals surface area contributed by atoms with Crippen molar-refractivity contribution >= 4 is 11.9 Å². The van der Waals surface area contributed by atoms with Crippen molar-refractivity contribution in [3.8, 4) is 0 Å². The third-order valence-corrected chi connectivity index (χ3v) is 3.27. The van der Waals surface area contributed by atoms with Crippen LogP contribution in [0.3, 0.4) is 0 Å². The Morgan fingerprint density at radius 2 is 2.09 bits per heavy atom. The summed E-state index contributed by atoms with van der Waals surface area (Å²) in [7, 11) is 0. The fourth-order valence-electron chi connectivity index (χ4n) is 2.14. The number of rotatable bonds is 6. The Balaban J connectivity index is 1.97. The summed E-state index contributed by atoms with van der Waals surface area (Å²) in [5.74, 6) is -2.03. The van der Waals surface area contributed by atoms with E-state index in [1.807, 2.05) is 31.2 Å². The van der Waals surface area contributed by atoms with Crippen LogP contribution in [0, 0.1) is 19.8 Å². The molecular weight excluding hydrogens is 284 g/mol. The minimum atomic E-state index is -0.949. The van der Waals surface area contributed by atoms with Gasteiger partial charge in [0.05, 0.1) is 11.6 Å². The van der Waals surface area contributed by atoms with E-state index in [2.05, 4.69) is 10.5 Å². The Labute approximate surface area is 128 Å². The summed E-state index contributed by atoms with van der Waals surface area (Å²) < 4.78 is 4.84. The average molecular weight is 302 g/mol. The second kappa shape index (κ2) is 6.89. The summed E-state index contributed by atoms with van der Waals surface area (Å²) in [6.07, 6.45) is 0.354. The molecular formula is C16H18N2O4. The van der Waals surface area contributed by atoms with Gasteiger partial charge < -0.3 is 14.9 Å². The number of hydrogen-bond donors (Lipinski definition) is 2. The number of carboxylic acid groups (broad SMARTS) is 1. The van der Waals surface area contributed by atoms with Crippen LogP contribution < -0.4 is 5.32 Å². The van der Waals surface area contributed by atoms with E-state index in [9.17, 15) is 14.7 Å². The van der Waals surface area contributed by atoms with Gasteiger partial charge in [0.15, 0.2) is 0 Å². The number of carbonyl (C=O) groups excluding carboxylic acids is 1. The molecule has 1 atom stereocenters. The molecule has 2 aromatic rings. The van der Waals surface area contributed by atoms with Crippen LogP contribution in [-0.4, -0.2) is 28.7 Å². The Morgan fingerprint density at radius 1 is 1.32 bits per heavy atom. The zero-order valence-electron chi connectivity index (χ0n) is 12.5. The number of hydrogen-bond acceptors (Lipinski definition) is 4. The molecule has 0 aliphatic heterocycles. The van der Waals surface area contributed by atoms with Crippen molar-refractivity contribution in [1.82, 2.24) is 10.5 Å². The zero-order valence-corrected chi connectivity index (χ0v) is 12.5. The summed E-state index contributed by atoms with van der Waals surface area (Å²) in [6.45, 7) is 3.69. The zero-order chi connectivity index (χ0) is 16.1. The van der Waals surface area contributed by atoms with Gasteiger partial charge in [-0.25, -0.2) is 0 Å². The summed E-state index contributed by atoms with van der Waals surface area (Å²) in [5, 5.41) is 15.5. The van der Waals surface area contributed by atoms with Crippen LogP contribution in [-0.2, 0) is 11.2 Å². The van der Waals surface area contributed by atoms with Crippen molar-refractivity contribution in [2.24, 2.45) is 5.92 Å². The van der Waals surface area contributed by atoms with Crippen molar-refractivity contribution in [3.63, 3.8) is 0 Å². The predicted molar refractivity (Wildman–Crippen MR) is 79.6 cm³/mol. The lowest BCUT2D eigenvalue weighted by atomic mass is 9.98. The molecule has 6 heteroatoms. The van der Waals surface area contributed by atoms with Gasteiger partial charge >= 0.3 is 5.97 Å². The first-order valence-corrected chi connectivity index (χ1v) is 6.95. The number of nitrogens with one attached hydrogen (secondary N) is 1. The molecule has 0 radical (unpaired) electrons. The number of amides is 1. The van der Waals surface area contributed by atoms with Crippen LogP contribution in [0.15, 0.2) is 34.9 Å². The van der Waals surface area contributed by atoms with Crippen LogP contribution in [0.2, 0.25) is 0 Å². The van der Waals surface area contributed by atoms with Crippen LogP contribution in [0.4, 0.5) is 0 Å². The number of aryl methyl sites for hydroxylation is 2. The number of carbonyl (C=O) groups is 2. The molecule has 1 heterocycles. The highest BCUT2D eigenvalue weighted by Gasteiger charge is 2.20. The quantitative estimate of drug-likeness (QED) is 0.851. The van der Waals surface area contributed by atoms with Crippen molar-refractivity contribution in [3.05, 3.63) is 52.9 Å². The van der Waals surface area contributed by atoms with Gasteiger partial charge in [-0.15, -0.1) is 0 Å². The number of aliphatic carboxylic acids is 1. The maximum absolute atomic E-state index is 11.9. The molecule has 1 aromatic carbocycles. The van der Waals surface area contributed by atoms with Crippen LogP contribution in [0.25, 0.3) is 0 Å². The molecule has 2 rings (SSSR count). The van der Waals surface area contributed by atoms with E-state index in [1.54, 1.807) is 6.92 Å². The third-order valence-electron chi connectivity index (χ3n) is 3.27. The summed E-state index contributed by atoms with van der Waals surface area (Å²) in [5.41, 5.74) is 2.60. The van der Waals surface area contributed by atoms with Crippen molar-refractivity contribution < 1.29 is 19.2 Å². The molecule has 2 N–H and O–H groups in total. The molecule has 0 saturated carbocycles. The normalized spacial score (nSPS) is 11.9. The van der Waals surface area contributed by atoms with Crippen LogP contribution in [0.5, 0.6) is 0 Å². The third kappa shape index (κ3) is 4.18. The largest absolute Gasteiger partial charge is 0.481 e. The smallest absolute Gasteiger partial charge is 0.308 e. The Kier molecular flexibility index (Phi) is 4.93. The Hall–Kier alpha value is -2.63. The van der Waals surface area contributed by atoms with Crippen LogP contribution >= 0.6 is 0 Å². The highest BCUT2D eigenvalue weighted by atomic mass is 16.5. The molecule has 1 aromatic heterocycles. The second-order valence-corrected chi connectivity index (χ2v) is 5.27. The van der Waals surface area contributed by atoms with E-state index in [0.717, 1.165) is 11.1 Å². The molecule has 0 bridgehead atoms. The van der Waals surface area contributed by atoms with E-state index in [0.29, 0.717) is 12.1 Å². The van der Waals surface area contributed by atoms with E-state index in [4.69, 9.17) is 4.52 Å². The van der Waals surface area contributed by atoms with Crippen LogP contribution in [0.1, 0.15) is 27.4 Å². The van der Waals surface area contributed by atoms with Gasteiger partial charge in [0.2, 0.25) is 5.76 Å². The van der Waals surface area contributed by atoms with Gasteiger partial charge in [-0.05, 0) is 25.8 Å². The molecule has 22 heavy (non-hydrogen) atoms. The monoisotopic (exact) mass is 302 g/mol. The summed E-state index contributed by atoms with van der Waals surface area (Å²) in [6, 6.07) is 9.17. The van der Waals surface area contributed by atoms with E-state index >= 15 is 0 Å². The highest BCUT2D eigenvalue weighted by molar-refractivity contribution is 5.91. The lowest BCUT2D eigenvalue weighted by Gasteiger charge is -2.13. The topological polar surface area (TPSA) is 92.4 Å². The van der Waals surface area contributed by atoms with Crippen molar-refractivity contribution in [2.45, 2.75) is 20.3 Å². The summed E-state index contributed by atoms with van der Waals surface area (Å²) >= 11 is 0. The maximum Gasteiger partial charge on any atom is 0.308 e. The second-order valence-electron chi connectivity index (χ2n) is 5.27. The van der Waals surface area contributed by atoms with E-state index in [-0.39, 0.29) is 12.3 Å². The number of benzene rings is 1. The van der Waals surface area contributed by atoms with Gasteiger partial charge in [0.1, 0.15) is 0 Å². The minimum absolute atomic E-state index is 0.0296. The SMILES string of the molecule is Cc1cccc(CC(CNC(=O)c2cc(C)no2)C(=O)O)c1. The first kappa shape index (κ1) is 15.8. The fraction of sp³-hybridized carbons (Fsp3) is 0.312. The lowest BCUT2D eigenvalue weighted by Crippen LogP contribution is -2.34. The molecule has 0 spiro atoms. The molecule has 116 valence electrons. The number of aromatic nitrogens is 1. The standard InChI is InChI=1S/C16H18N2O4/c1-10-4-3-5-12(6-10)8-13(16(20)21)9-17-15(19)14-7-11(2)18-22-14/h3-7,13H,8-9H2,1-2H3,(H,17,19)(H,20,21). The molecule has 6 nitrogen and oxygen atoms in total. The van der Waals surface area contributed by atoms with Gasteiger partial charge in [-0.2, -0.15) is 0 Å². The first-order valence-electron chi connectivity index (χ1n) is 6.95. The molecule has 1 amide bonds. The number of carboxylic acids is 1. The van der Waals surface area contributed by atoms with Gasteiger partial charge in [0.25, 0.3) is 5.91 Å². The molecule has 0 aliphatic carbocycles. The average Bonchev–Trinajstić information content (AvgIpc) is 2.89. The van der Waals surface area contributed by atoms with Gasteiger partial charge in [0, 0.05) is 12.6 Å². The minimum Gasteiger partial charge on any atom is -0.481 e. The first-order chi connectivity index (χ1) is 10.5. The number of nitrogens with zero attached hydrogens (tertiary/aromatic N) is 1. The fourth-order valence-corrected chi connectivity index (χ4v) is 2.14. The molecule has 0 saturated heterocycles. The van der Waals surface area contributed by atoms with Crippen molar-refractivity contribution in [2.75, 3.05) is 6.54 Å². The van der Waals surface area contributed by atoms with Gasteiger partial charge in [-0.3, -0.25) is 9.59 Å². The maximum atomic E-state index is 11.9. The van der Waals surface area contributed by atoms with E-state index < -0.39 is 17.8 Å².